The van der Waals surface area contributed by atoms with Crippen LogP contribution in [0.5, 0.6) is 0 Å². The number of aliphatic hydroxyl groups excluding tert-OH is 3. The summed E-state index contributed by atoms with van der Waals surface area (Å²) < 4.78 is 14.0. The fourth-order valence-electron chi connectivity index (χ4n) is 1.82. The van der Waals surface area contributed by atoms with E-state index in [0.717, 1.165) is 32.1 Å². The van der Waals surface area contributed by atoms with Crippen LogP contribution in [0.2, 0.25) is 0 Å². The molecule has 0 aromatic heterocycles. The minimum atomic E-state index is -0.378. The van der Waals surface area contributed by atoms with Crippen LogP contribution >= 0.6 is 0 Å². The Kier molecular flexibility index (Phi) is 71.1. The molecule has 0 spiro atoms. The number of hydrogen-bond acceptors (Lipinski definition) is 8. The van der Waals surface area contributed by atoms with Crippen molar-refractivity contribution < 1.29 is 39.1 Å². The molecule has 0 aliphatic carbocycles. The van der Waals surface area contributed by atoms with E-state index in [0.29, 0.717) is 38.9 Å². The molecule has 0 aromatic carbocycles. The second-order valence-electron chi connectivity index (χ2n) is 5.81. The van der Waals surface area contributed by atoms with Gasteiger partial charge in [-0.1, -0.05) is 57.6 Å². The molecule has 0 amide bonds. The number of carbonyl (C=O) groups excluding carboxylic acids is 2. The summed E-state index contributed by atoms with van der Waals surface area (Å²) in [5.41, 5.74) is 0. The molecule has 208 valence electrons. The summed E-state index contributed by atoms with van der Waals surface area (Å²) >= 11 is 0. The summed E-state index contributed by atoms with van der Waals surface area (Å²) in [4.78, 5) is 21.4. The Labute approximate surface area is 206 Å². The Morgan fingerprint density at radius 3 is 1.94 bits per heavy atom. The molecule has 33 heavy (non-hydrogen) atoms. The molecule has 1 aliphatic heterocycles. The Morgan fingerprint density at radius 1 is 0.909 bits per heavy atom. The van der Waals surface area contributed by atoms with Gasteiger partial charge in [-0.25, -0.2) is 0 Å². The molecule has 0 aromatic rings. The largest absolute Gasteiger partial charge is 0.466 e. The van der Waals surface area contributed by atoms with Crippen LogP contribution in [-0.4, -0.2) is 67.4 Å². The Balaban J connectivity index is -0.0000000460. The molecule has 0 atom stereocenters. The number of rotatable bonds is 10. The van der Waals surface area contributed by atoms with E-state index in [1.807, 2.05) is 0 Å². The molecule has 1 fully saturated rings. The van der Waals surface area contributed by atoms with E-state index in [9.17, 15) is 9.59 Å². The van der Waals surface area contributed by atoms with Gasteiger partial charge in [0.2, 0.25) is 0 Å². The van der Waals surface area contributed by atoms with E-state index in [4.69, 9.17) is 20.1 Å². The number of aliphatic hydroxyl groups is 3. The average Bonchev–Trinajstić information content (AvgIpc) is 2.92. The van der Waals surface area contributed by atoms with Gasteiger partial charge in [0.15, 0.2) is 0 Å². The first kappa shape index (κ1) is 53.1. The van der Waals surface area contributed by atoms with Crippen molar-refractivity contribution in [2.24, 2.45) is 0 Å². The predicted octanol–water partition coefficient (Wildman–Crippen LogP) is 5.52. The second-order valence-corrected chi connectivity index (χ2v) is 5.81. The van der Waals surface area contributed by atoms with Crippen molar-refractivity contribution in [1.29, 1.82) is 0 Å². The van der Waals surface area contributed by atoms with Crippen molar-refractivity contribution in [2.45, 2.75) is 102 Å². The molecule has 3 N–H and O–H groups in total. The number of unbranched alkanes of at least 4 members (excludes halogenated alkanes) is 2. The third-order valence-corrected chi connectivity index (χ3v) is 3.27. The molecule has 0 saturated carbocycles. The zero-order valence-corrected chi connectivity index (χ0v) is 16.5. The SMILES string of the molecule is C.C.C.C.C.C.C=C(CO)OC(=O)CCCCCO.COCCCO.O=C1CCCCCO1. The number of cyclic esters (lactones) is 1. The van der Waals surface area contributed by atoms with Gasteiger partial charge >= 0.3 is 11.9 Å². The maximum Gasteiger partial charge on any atom is 0.310 e. The van der Waals surface area contributed by atoms with Crippen LogP contribution in [0.25, 0.3) is 0 Å². The van der Waals surface area contributed by atoms with Gasteiger partial charge in [0.25, 0.3) is 0 Å². The van der Waals surface area contributed by atoms with Gasteiger partial charge in [0.1, 0.15) is 12.4 Å². The fourth-order valence-corrected chi connectivity index (χ4v) is 1.82. The summed E-state index contributed by atoms with van der Waals surface area (Å²) in [5, 5.41) is 25.1. The summed E-state index contributed by atoms with van der Waals surface area (Å²) in [5.74, 6) is -0.327. The Hall–Kier alpha value is -1.48. The van der Waals surface area contributed by atoms with Crippen molar-refractivity contribution in [3.05, 3.63) is 12.3 Å². The molecule has 1 aliphatic rings. The summed E-state index contributed by atoms with van der Waals surface area (Å²) in [7, 11) is 1.62. The van der Waals surface area contributed by atoms with E-state index in [1.54, 1.807) is 7.11 Å². The molecule has 1 heterocycles. The number of ether oxygens (including phenoxy) is 3. The minimum absolute atomic E-state index is 0. The van der Waals surface area contributed by atoms with Crippen LogP contribution in [0.3, 0.4) is 0 Å². The molecule has 1 rings (SSSR count). The van der Waals surface area contributed by atoms with Crippen molar-refractivity contribution >= 4 is 11.9 Å². The Bertz CT molecular complexity index is 359. The number of hydrogen-bond donors (Lipinski definition) is 3. The number of methoxy groups -OCH3 is 1. The monoisotopic (exact) mass is 488 g/mol. The molecular weight excluding hydrogens is 428 g/mol. The molecule has 8 nitrogen and oxygen atoms in total. The number of esters is 2. The summed E-state index contributed by atoms with van der Waals surface area (Å²) in [6.07, 6.45) is 7.08. The van der Waals surface area contributed by atoms with E-state index in [-0.39, 0.29) is 82.1 Å². The fraction of sp³-hybridized carbons (Fsp3) is 0.840. The lowest BCUT2D eigenvalue weighted by molar-refractivity contribution is -0.143. The van der Waals surface area contributed by atoms with E-state index in [2.05, 4.69) is 16.1 Å². The standard InChI is InChI=1S/C9H16O4.C6H10O2.C4H10O2.6CH4/c1-8(7-11)13-9(12)5-3-2-4-6-10;7-6-4-2-1-3-5-8-6;1-6-4-2-3-5;;;;;;/h10-11H,1-7H2;1-5H2;5H,2-4H2,1H3;6*1H4. The second kappa shape index (κ2) is 44.2. The topological polar surface area (TPSA) is 123 Å². The van der Waals surface area contributed by atoms with Crippen LogP contribution in [-0.2, 0) is 23.8 Å². The average molecular weight is 489 g/mol. The van der Waals surface area contributed by atoms with Crippen molar-refractivity contribution in [2.75, 3.05) is 40.1 Å². The van der Waals surface area contributed by atoms with Gasteiger partial charge in [-0.2, -0.15) is 0 Å². The minimum Gasteiger partial charge on any atom is -0.466 e. The molecule has 8 heteroatoms. The molecular formula is C25H60O8. The van der Waals surface area contributed by atoms with E-state index >= 15 is 0 Å². The highest BCUT2D eigenvalue weighted by Crippen LogP contribution is 2.06. The van der Waals surface area contributed by atoms with Gasteiger partial charge in [-0.3, -0.25) is 9.59 Å². The lowest BCUT2D eigenvalue weighted by atomic mass is 10.2. The smallest absolute Gasteiger partial charge is 0.310 e. The van der Waals surface area contributed by atoms with E-state index < -0.39 is 0 Å². The predicted molar refractivity (Wildman–Crippen MR) is 141 cm³/mol. The molecule has 0 unspecified atom stereocenters. The van der Waals surface area contributed by atoms with Crippen LogP contribution in [0.1, 0.15) is 102 Å². The van der Waals surface area contributed by atoms with Crippen molar-refractivity contribution in [3.63, 3.8) is 0 Å². The summed E-state index contributed by atoms with van der Waals surface area (Å²) in [6.45, 7) is 4.68. The van der Waals surface area contributed by atoms with Crippen LogP contribution < -0.4 is 0 Å². The van der Waals surface area contributed by atoms with Crippen LogP contribution in [0, 0.1) is 0 Å². The lowest BCUT2D eigenvalue weighted by Gasteiger charge is -2.03. The third-order valence-electron chi connectivity index (χ3n) is 3.27. The van der Waals surface area contributed by atoms with Gasteiger partial charge in [0, 0.05) is 39.8 Å². The van der Waals surface area contributed by atoms with Gasteiger partial charge in [0.05, 0.1) is 6.61 Å². The molecule has 0 radical (unpaired) electrons. The summed E-state index contributed by atoms with van der Waals surface area (Å²) in [6, 6.07) is 0. The van der Waals surface area contributed by atoms with Crippen LogP contribution in [0.4, 0.5) is 0 Å². The maximum absolute atomic E-state index is 10.9. The quantitative estimate of drug-likeness (QED) is 0.208. The number of carbonyl (C=O) groups is 2. The van der Waals surface area contributed by atoms with Gasteiger partial charge in [-0.05, 0) is 38.5 Å². The van der Waals surface area contributed by atoms with Gasteiger partial charge in [-0.15, -0.1) is 0 Å². The van der Waals surface area contributed by atoms with Gasteiger partial charge < -0.3 is 29.5 Å². The first-order chi connectivity index (χ1) is 13.0. The zero-order valence-electron chi connectivity index (χ0n) is 16.5. The lowest BCUT2D eigenvalue weighted by Crippen LogP contribution is -2.05. The van der Waals surface area contributed by atoms with Crippen LogP contribution in [0.15, 0.2) is 12.3 Å². The highest BCUT2D eigenvalue weighted by molar-refractivity contribution is 5.70. The first-order valence-corrected chi connectivity index (χ1v) is 9.37. The van der Waals surface area contributed by atoms with Crippen molar-refractivity contribution in [1.82, 2.24) is 0 Å². The molecule has 0 bridgehead atoms. The normalized spacial score (nSPS) is 10.7. The first-order valence-electron chi connectivity index (χ1n) is 9.37. The highest BCUT2D eigenvalue weighted by atomic mass is 16.5. The maximum atomic E-state index is 10.9. The Morgan fingerprint density at radius 2 is 1.48 bits per heavy atom. The van der Waals surface area contributed by atoms with Crippen molar-refractivity contribution in [3.8, 4) is 0 Å². The zero-order chi connectivity index (χ0) is 20.8. The van der Waals surface area contributed by atoms with E-state index in [1.165, 1.54) is 0 Å². The molecule has 1 saturated heterocycles. The highest BCUT2D eigenvalue weighted by Gasteiger charge is 2.05. The third kappa shape index (κ3) is 48.9.